The lowest BCUT2D eigenvalue weighted by molar-refractivity contribution is -0.120. The Balaban J connectivity index is 1.94. The number of carbonyl (C=O) groups excluding carboxylic acids is 1. The molecular weight excluding hydrogens is 281 g/mol. The quantitative estimate of drug-likeness (QED) is 0.509. The van der Waals surface area contributed by atoms with Crippen LogP contribution in [0.25, 0.3) is 0 Å². The van der Waals surface area contributed by atoms with Crippen LogP contribution in [-0.2, 0) is 11.2 Å². The minimum Gasteiger partial charge on any atom is -0.273 e. The smallest absolute Gasteiger partial charge is 0.273 e. The van der Waals surface area contributed by atoms with E-state index in [4.69, 9.17) is 0 Å². The highest BCUT2D eigenvalue weighted by atomic mass is 19.1. The van der Waals surface area contributed by atoms with Crippen molar-refractivity contribution < 1.29 is 9.18 Å². The van der Waals surface area contributed by atoms with Gasteiger partial charge in [0.2, 0.25) is 5.91 Å². The number of hydrazone groups is 1. The molecule has 0 atom stereocenters. The number of carbonyl (C=O) groups is 1. The number of aromatic amines is 2. The zero-order valence-electron chi connectivity index (χ0n) is 10.6. The molecule has 0 unspecified atom stereocenters. The molecule has 108 valence electrons. The normalized spacial score (nSPS) is 10.7. The van der Waals surface area contributed by atoms with Gasteiger partial charge in [0.05, 0.1) is 12.6 Å². The summed E-state index contributed by atoms with van der Waals surface area (Å²) in [4.78, 5) is 35.5. The molecule has 0 aliphatic heterocycles. The van der Waals surface area contributed by atoms with Gasteiger partial charge in [-0.25, -0.2) is 19.7 Å². The molecule has 0 saturated heterocycles. The Bertz CT molecular complexity index is 778. The molecular formula is C12H10FN5O3. The van der Waals surface area contributed by atoms with Crippen molar-refractivity contribution in [1.82, 2.24) is 20.6 Å². The second-order valence-corrected chi connectivity index (χ2v) is 3.98. The number of nitrogens with one attached hydrogen (secondary N) is 3. The zero-order valence-corrected chi connectivity index (χ0v) is 10.6. The van der Waals surface area contributed by atoms with Crippen LogP contribution < -0.4 is 16.7 Å². The van der Waals surface area contributed by atoms with Crippen molar-refractivity contribution in [3.8, 4) is 0 Å². The van der Waals surface area contributed by atoms with Gasteiger partial charge >= 0.3 is 5.69 Å². The molecule has 1 heterocycles. The van der Waals surface area contributed by atoms with E-state index in [0.717, 1.165) is 0 Å². The van der Waals surface area contributed by atoms with E-state index in [0.29, 0.717) is 5.56 Å². The molecule has 1 aromatic heterocycles. The third kappa shape index (κ3) is 4.20. The predicted molar refractivity (Wildman–Crippen MR) is 71.3 cm³/mol. The Labute approximate surface area is 116 Å². The Hall–Kier alpha value is -3.10. The molecule has 0 bridgehead atoms. The third-order valence-electron chi connectivity index (χ3n) is 2.38. The van der Waals surface area contributed by atoms with Crippen molar-refractivity contribution in [3.63, 3.8) is 0 Å². The molecule has 8 nitrogen and oxygen atoms in total. The summed E-state index contributed by atoms with van der Waals surface area (Å²) in [6, 6.07) is 5.48. The van der Waals surface area contributed by atoms with Crippen LogP contribution in [0.1, 0.15) is 11.3 Å². The fourth-order valence-electron chi connectivity index (χ4n) is 1.41. The van der Waals surface area contributed by atoms with Crippen LogP contribution in [0.15, 0.2) is 39.0 Å². The van der Waals surface area contributed by atoms with E-state index in [1.54, 1.807) is 0 Å². The first-order valence-corrected chi connectivity index (χ1v) is 5.80. The van der Waals surface area contributed by atoms with Crippen LogP contribution >= 0.6 is 0 Å². The number of halogens is 1. The second-order valence-electron chi connectivity index (χ2n) is 3.98. The Morgan fingerprint density at radius 1 is 1.33 bits per heavy atom. The molecule has 21 heavy (non-hydrogen) atoms. The highest BCUT2D eigenvalue weighted by molar-refractivity contribution is 5.82. The summed E-state index contributed by atoms with van der Waals surface area (Å²) in [6.07, 6.45) is 0.981. The lowest BCUT2D eigenvalue weighted by atomic mass is 10.2. The summed E-state index contributed by atoms with van der Waals surface area (Å²) in [5.41, 5.74) is 1.16. The first-order valence-electron chi connectivity index (χ1n) is 5.80. The molecule has 1 amide bonds. The minimum absolute atomic E-state index is 0.135. The third-order valence-corrected chi connectivity index (χ3v) is 2.38. The maximum atomic E-state index is 12.7. The summed E-state index contributed by atoms with van der Waals surface area (Å²) in [5.74, 6) is -0.960. The molecule has 0 aliphatic carbocycles. The predicted octanol–water partition coefficient (Wildman–Crippen LogP) is -0.710. The zero-order chi connectivity index (χ0) is 15.2. The Morgan fingerprint density at radius 2 is 2.05 bits per heavy atom. The van der Waals surface area contributed by atoms with Crippen molar-refractivity contribution in [3.05, 3.63) is 62.2 Å². The molecule has 0 spiro atoms. The minimum atomic E-state index is -0.751. The van der Waals surface area contributed by atoms with Gasteiger partial charge in [0.1, 0.15) is 11.5 Å². The number of nitrogens with zero attached hydrogens (tertiary/aromatic N) is 2. The highest BCUT2D eigenvalue weighted by Gasteiger charge is 2.08. The van der Waals surface area contributed by atoms with Crippen molar-refractivity contribution in [2.45, 2.75) is 6.42 Å². The molecule has 0 fully saturated rings. The van der Waals surface area contributed by atoms with Gasteiger partial charge in [-0.05, 0) is 17.7 Å². The standard InChI is InChI=1S/C12H10FN5O3/c13-8-3-1-7(2-4-8)6-14-17-10(19)5-9-11(20)15-12(21)18-16-9/h1-4,6H,5H2,(H,17,19)(H2,15,18,20,21). The summed E-state index contributed by atoms with van der Waals surface area (Å²) in [7, 11) is 0. The number of hydrogen-bond acceptors (Lipinski definition) is 5. The lowest BCUT2D eigenvalue weighted by Crippen LogP contribution is -2.31. The largest absolute Gasteiger partial charge is 0.342 e. The van der Waals surface area contributed by atoms with Crippen LogP contribution in [0.5, 0.6) is 0 Å². The van der Waals surface area contributed by atoms with Gasteiger partial charge in [-0.15, -0.1) is 0 Å². The number of aromatic nitrogens is 3. The summed E-state index contributed by atoms with van der Waals surface area (Å²) < 4.78 is 12.7. The fraction of sp³-hybridized carbons (Fsp3) is 0.0833. The average Bonchev–Trinajstić information content (AvgIpc) is 2.44. The van der Waals surface area contributed by atoms with Crippen molar-refractivity contribution in [2.24, 2.45) is 5.10 Å². The number of hydrogen-bond donors (Lipinski definition) is 3. The molecule has 2 rings (SSSR count). The average molecular weight is 291 g/mol. The Kier molecular flexibility index (Phi) is 4.34. The van der Waals surface area contributed by atoms with Gasteiger partial charge in [-0.1, -0.05) is 12.1 Å². The number of benzene rings is 1. The number of H-pyrrole nitrogens is 2. The number of rotatable bonds is 4. The van der Waals surface area contributed by atoms with Gasteiger partial charge in [0.25, 0.3) is 5.56 Å². The highest BCUT2D eigenvalue weighted by Crippen LogP contribution is 1.99. The summed E-state index contributed by atoms with van der Waals surface area (Å²) >= 11 is 0. The first-order chi connectivity index (χ1) is 10.0. The van der Waals surface area contributed by atoms with Crippen LogP contribution in [0, 0.1) is 5.82 Å². The van der Waals surface area contributed by atoms with Crippen molar-refractivity contribution >= 4 is 12.1 Å². The molecule has 0 radical (unpaired) electrons. The van der Waals surface area contributed by atoms with E-state index < -0.39 is 17.2 Å². The van der Waals surface area contributed by atoms with E-state index in [1.165, 1.54) is 30.5 Å². The van der Waals surface area contributed by atoms with Crippen LogP contribution in [0.2, 0.25) is 0 Å². The lowest BCUT2D eigenvalue weighted by Gasteiger charge is -1.98. The van der Waals surface area contributed by atoms with E-state index in [1.807, 2.05) is 10.1 Å². The molecule has 2 aromatic rings. The maximum absolute atomic E-state index is 12.7. The monoisotopic (exact) mass is 291 g/mol. The van der Waals surface area contributed by atoms with Crippen molar-refractivity contribution in [2.75, 3.05) is 0 Å². The van der Waals surface area contributed by atoms with Crippen LogP contribution in [-0.4, -0.2) is 27.3 Å². The molecule has 9 heteroatoms. The molecule has 0 aliphatic rings. The summed E-state index contributed by atoms with van der Waals surface area (Å²) in [5, 5.41) is 9.13. The summed E-state index contributed by atoms with van der Waals surface area (Å²) in [6.45, 7) is 0. The van der Waals surface area contributed by atoms with Gasteiger partial charge in [0, 0.05) is 0 Å². The van der Waals surface area contributed by atoms with Gasteiger partial charge in [0.15, 0.2) is 0 Å². The van der Waals surface area contributed by atoms with Crippen LogP contribution in [0.3, 0.4) is 0 Å². The topological polar surface area (TPSA) is 120 Å². The van der Waals surface area contributed by atoms with Gasteiger partial charge < -0.3 is 0 Å². The van der Waals surface area contributed by atoms with E-state index >= 15 is 0 Å². The SMILES string of the molecule is O=C(Cc1n[nH]c(=O)[nH]c1=O)NN=Cc1ccc(F)cc1. The van der Waals surface area contributed by atoms with E-state index in [2.05, 4.69) is 15.6 Å². The second kappa shape index (κ2) is 6.37. The Morgan fingerprint density at radius 3 is 2.71 bits per heavy atom. The maximum Gasteiger partial charge on any atom is 0.342 e. The van der Waals surface area contributed by atoms with Crippen molar-refractivity contribution in [1.29, 1.82) is 0 Å². The van der Waals surface area contributed by atoms with Gasteiger partial charge in [-0.2, -0.15) is 10.2 Å². The van der Waals surface area contributed by atoms with E-state index in [9.17, 15) is 18.8 Å². The van der Waals surface area contributed by atoms with E-state index in [-0.39, 0.29) is 17.9 Å². The molecule has 1 aromatic carbocycles. The van der Waals surface area contributed by atoms with Gasteiger partial charge in [-0.3, -0.25) is 14.6 Å². The molecule has 0 saturated carbocycles. The molecule has 3 N–H and O–H groups in total. The first kappa shape index (κ1) is 14.3. The fourth-order valence-corrected chi connectivity index (χ4v) is 1.41. The van der Waals surface area contributed by atoms with Crippen LogP contribution in [0.4, 0.5) is 4.39 Å². The number of amides is 1.